The number of likely N-dealkylation sites (tertiary alicyclic amines) is 1. The van der Waals surface area contributed by atoms with E-state index in [1.54, 1.807) is 38.4 Å². The lowest BCUT2D eigenvalue weighted by Crippen LogP contribution is -2.37. The van der Waals surface area contributed by atoms with Crippen LogP contribution in [0.3, 0.4) is 0 Å². The Bertz CT molecular complexity index is 1210. The van der Waals surface area contributed by atoms with Crippen molar-refractivity contribution in [2.45, 2.75) is 64.5 Å². The summed E-state index contributed by atoms with van der Waals surface area (Å²) in [5.41, 5.74) is 2.98. The number of nitrogens with zero attached hydrogens (tertiary/aromatic N) is 1. The van der Waals surface area contributed by atoms with Crippen molar-refractivity contribution in [3.8, 4) is 17.2 Å². The molecule has 0 radical (unpaired) electrons. The van der Waals surface area contributed by atoms with Gasteiger partial charge in [-0.3, -0.25) is 9.59 Å². The quantitative estimate of drug-likeness (QED) is 0.311. The minimum atomic E-state index is -0.725. The van der Waals surface area contributed by atoms with E-state index in [-0.39, 0.29) is 23.3 Å². The van der Waals surface area contributed by atoms with Crippen LogP contribution in [0.15, 0.2) is 35.9 Å². The number of amides is 1. The van der Waals surface area contributed by atoms with Gasteiger partial charge in [0, 0.05) is 11.6 Å². The first-order chi connectivity index (χ1) is 17.2. The molecule has 1 atom stereocenters. The van der Waals surface area contributed by atoms with Crippen molar-refractivity contribution >= 4 is 17.4 Å². The van der Waals surface area contributed by atoms with Gasteiger partial charge in [-0.05, 0) is 66.6 Å². The predicted octanol–water partition coefficient (Wildman–Crippen LogP) is 5.51. The Balaban J connectivity index is 1.95. The summed E-state index contributed by atoms with van der Waals surface area (Å²) in [6.45, 7) is 5.94. The average molecular weight is 494 g/mol. The second-order valence-corrected chi connectivity index (χ2v) is 9.82. The Kier molecular flexibility index (Phi) is 7.29. The summed E-state index contributed by atoms with van der Waals surface area (Å²) in [6, 6.07) is 8.31. The second-order valence-electron chi connectivity index (χ2n) is 9.82. The van der Waals surface area contributed by atoms with E-state index in [0.29, 0.717) is 22.6 Å². The summed E-state index contributed by atoms with van der Waals surface area (Å²) < 4.78 is 16.5. The summed E-state index contributed by atoms with van der Waals surface area (Å²) >= 11 is 0. The average Bonchev–Trinajstić information content (AvgIpc) is 3.49. The molecule has 7 heteroatoms. The van der Waals surface area contributed by atoms with E-state index in [0.717, 1.165) is 42.6 Å². The first-order valence-corrected chi connectivity index (χ1v) is 12.4. The molecule has 1 aliphatic carbocycles. The smallest absolute Gasteiger partial charge is 0.295 e. The van der Waals surface area contributed by atoms with Gasteiger partial charge in [-0.2, -0.15) is 0 Å². The van der Waals surface area contributed by atoms with Crippen LogP contribution in [0.1, 0.15) is 73.7 Å². The number of hydrogen-bond acceptors (Lipinski definition) is 6. The van der Waals surface area contributed by atoms with E-state index < -0.39 is 17.7 Å². The minimum Gasteiger partial charge on any atom is -0.507 e. The van der Waals surface area contributed by atoms with Gasteiger partial charge < -0.3 is 24.2 Å². The van der Waals surface area contributed by atoms with E-state index in [2.05, 4.69) is 0 Å². The lowest BCUT2D eigenvalue weighted by molar-refractivity contribution is -0.141. The molecule has 2 aromatic carbocycles. The fourth-order valence-electron chi connectivity index (χ4n) is 5.49. The van der Waals surface area contributed by atoms with Gasteiger partial charge in [-0.1, -0.05) is 32.8 Å². The fourth-order valence-corrected chi connectivity index (χ4v) is 5.49. The van der Waals surface area contributed by atoms with Gasteiger partial charge in [0.1, 0.15) is 11.5 Å². The molecule has 4 rings (SSSR count). The highest BCUT2D eigenvalue weighted by atomic mass is 16.5. The standard InChI is InChI=1S/C29H35NO6/c1-16(2)20-15-21(17(3)13-23(20)35-5)27(31)25-26(18-11-12-22(34-4)24(14-18)36-6)30(29(33)28(25)32)19-9-7-8-10-19/h11-16,19,26,31H,7-10H2,1-6H3/b27-25+. The molecule has 1 saturated heterocycles. The van der Waals surface area contributed by atoms with E-state index in [9.17, 15) is 14.7 Å². The molecule has 1 heterocycles. The summed E-state index contributed by atoms with van der Waals surface area (Å²) in [5.74, 6) is 0.493. The molecule has 1 N–H and O–H groups in total. The Morgan fingerprint density at radius 3 is 2.17 bits per heavy atom. The van der Waals surface area contributed by atoms with E-state index in [1.165, 1.54) is 0 Å². The molecule has 1 unspecified atom stereocenters. The number of methoxy groups -OCH3 is 3. The van der Waals surface area contributed by atoms with Crippen LogP contribution in [0, 0.1) is 6.92 Å². The number of aliphatic hydroxyl groups excluding tert-OH is 1. The van der Waals surface area contributed by atoms with Gasteiger partial charge in [0.25, 0.3) is 11.7 Å². The maximum atomic E-state index is 13.5. The SMILES string of the molecule is COc1ccc(C2/C(=C(\O)c3cc(C(C)C)c(OC)cc3C)C(=O)C(=O)N2C2CCCC2)cc1OC. The van der Waals surface area contributed by atoms with E-state index in [1.807, 2.05) is 39.0 Å². The number of aryl methyl sites for hydroxylation is 1. The number of rotatable bonds is 7. The number of benzene rings is 2. The molecule has 7 nitrogen and oxygen atoms in total. The molecule has 2 aliphatic rings. The van der Waals surface area contributed by atoms with Crippen molar-refractivity contribution < 1.29 is 28.9 Å². The third kappa shape index (κ3) is 4.31. The summed E-state index contributed by atoms with van der Waals surface area (Å²) in [7, 11) is 4.72. The number of hydrogen-bond donors (Lipinski definition) is 1. The topological polar surface area (TPSA) is 85.3 Å². The zero-order chi connectivity index (χ0) is 26.1. The highest BCUT2D eigenvalue weighted by molar-refractivity contribution is 6.46. The van der Waals surface area contributed by atoms with Gasteiger partial charge in [0.15, 0.2) is 11.5 Å². The lowest BCUT2D eigenvalue weighted by atomic mass is 9.90. The number of ketones is 1. The molecule has 36 heavy (non-hydrogen) atoms. The third-order valence-corrected chi connectivity index (χ3v) is 7.38. The first kappa shape index (κ1) is 25.6. The van der Waals surface area contributed by atoms with Gasteiger partial charge >= 0.3 is 0 Å². The van der Waals surface area contributed by atoms with Crippen LogP contribution < -0.4 is 14.2 Å². The second kappa shape index (κ2) is 10.2. The van der Waals surface area contributed by atoms with Crippen LogP contribution in [-0.4, -0.2) is 49.1 Å². The number of ether oxygens (including phenoxy) is 3. The highest BCUT2D eigenvalue weighted by Gasteiger charge is 2.49. The van der Waals surface area contributed by atoms with E-state index in [4.69, 9.17) is 14.2 Å². The first-order valence-electron chi connectivity index (χ1n) is 12.4. The Morgan fingerprint density at radius 2 is 1.58 bits per heavy atom. The van der Waals surface area contributed by atoms with Crippen LogP contribution in [-0.2, 0) is 9.59 Å². The summed E-state index contributed by atoms with van der Waals surface area (Å²) in [4.78, 5) is 28.6. The lowest BCUT2D eigenvalue weighted by Gasteiger charge is -2.31. The van der Waals surface area contributed by atoms with Crippen molar-refractivity contribution in [2.75, 3.05) is 21.3 Å². The normalized spacial score (nSPS) is 19.9. The molecule has 1 amide bonds. The van der Waals surface area contributed by atoms with Crippen molar-refractivity contribution in [3.05, 3.63) is 58.2 Å². The molecule has 0 spiro atoms. The van der Waals surface area contributed by atoms with Gasteiger partial charge in [-0.15, -0.1) is 0 Å². The maximum absolute atomic E-state index is 13.5. The monoisotopic (exact) mass is 493 g/mol. The summed E-state index contributed by atoms with van der Waals surface area (Å²) in [6.07, 6.45) is 3.66. The highest BCUT2D eigenvalue weighted by Crippen LogP contribution is 2.46. The third-order valence-electron chi connectivity index (χ3n) is 7.38. The van der Waals surface area contributed by atoms with Crippen LogP contribution in [0.4, 0.5) is 0 Å². The van der Waals surface area contributed by atoms with Crippen molar-refractivity contribution in [1.29, 1.82) is 0 Å². The zero-order valence-electron chi connectivity index (χ0n) is 21.9. The fraction of sp³-hybridized carbons (Fsp3) is 0.448. The Morgan fingerprint density at radius 1 is 0.944 bits per heavy atom. The maximum Gasteiger partial charge on any atom is 0.295 e. The largest absolute Gasteiger partial charge is 0.507 e. The molecule has 1 aliphatic heterocycles. The number of Topliss-reactive ketones (excluding diaryl/α,β-unsaturated/α-hetero) is 1. The minimum absolute atomic E-state index is 0.0620. The molecule has 1 saturated carbocycles. The van der Waals surface area contributed by atoms with Crippen LogP contribution in [0.5, 0.6) is 17.2 Å². The number of carbonyl (C=O) groups excluding carboxylic acids is 2. The van der Waals surface area contributed by atoms with Crippen molar-refractivity contribution in [2.24, 2.45) is 0 Å². The molecule has 0 aromatic heterocycles. The molecule has 192 valence electrons. The van der Waals surface area contributed by atoms with Gasteiger partial charge in [0.05, 0.1) is 32.9 Å². The Labute approximate surface area is 212 Å². The van der Waals surface area contributed by atoms with E-state index >= 15 is 0 Å². The predicted molar refractivity (Wildman–Crippen MR) is 138 cm³/mol. The summed E-state index contributed by atoms with van der Waals surface area (Å²) in [5, 5.41) is 11.7. The number of aliphatic hydroxyl groups is 1. The number of carbonyl (C=O) groups is 2. The van der Waals surface area contributed by atoms with Crippen molar-refractivity contribution in [1.82, 2.24) is 4.90 Å². The Hall–Kier alpha value is -3.48. The van der Waals surface area contributed by atoms with Crippen LogP contribution in [0.25, 0.3) is 5.76 Å². The molecule has 2 fully saturated rings. The van der Waals surface area contributed by atoms with Gasteiger partial charge in [0.2, 0.25) is 0 Å². The molecule has 2 aromatic rings. The van der Waals surface area contributed by atoms with Crippen molar-refractivity contribution in [3.63, 3.8) is 0 Å². The zero-order valence-corrected chi connectivity index (χ0v) is 21.9. The van der Waals surface area contributed by atoms with Crippen LogP contribution >= 0.6 is 0 Å². The molecule has 0 bridgehead atoms. The van der Waals surface area contributed by atoms with Gasteiger partial charge in [-0.25, -0.2) is 0 Å². The molecular formula is C29H35NO6. The molecular weight excluding hydrogens is 458 g/mol. The van der Waals surface area contributed by atoms with Crippen LogP contribution in [0.2, 0.25) is 0 Å².